The van der Waals surface area contributed by atoms with Crippen LogP contribution in [-0.2, 0) is 9.47 Å². The van der Waals surface area contributed by atoms with E-state index < -0.39 is 18.2 Å². The summed E-state index contributed by atoms with van der Waals surface area (Å²) in [6, 6.07) is 7.38. The van der Waals surface area contributed by atoms with Crippen molar-refractivity contribution in [2.24, 2.45) is 0 Å². The number of alkyl carbamates (subject to hydrolysis) is 1. The van der Waals surface area contributed by atoms with Gasteiger partial charge in [0.25, 0.3) is 0 Å². The molecule has 1 N–H and O–H groups in total. The highest BCUT2D eigenvalue weighted by atomic mass is 19.1. The van der Waals surface area contributed by atoms with Gasteiger partial charge in [0, 0.05) is 24.6 Å². The van der Waals surface area contributed by atoms with Crippen LogP contribution in [0.4, 0.5) is 9.18 Å². The van der Waals surface area contributed by atoms with Crippen LogP contribution in [0.1, 0.15) is 35.8 Å². The third-order valence-electron chi connectivity index (χ3n) is 3.72. The van der Waals surface area contributed by atoms with Gasteiger partial charge in [0.05, 0.1) is 0 Å². The molecule has 1 aliphatic rings. The Kier molecular flexibility index (Phi) is 5.26. The zero-order valence-corrected chi connectivity index (χ0v) is 13.7. The molecule has 0 spiro atoms. The molecular formula is C19H17FN2O3. The molecule has 3 rings (SSSR count). The molecule has 6 heteroatoms. The molecule has 2 atom stereocenters. The topological polar surface area (TPSA) is 60.5 Å². The summed E-state index contributed by atoms with van der Waals surface area (Å²) < 4.78 is 24.0. The molecule has 1 fully saturated rings. The fourth-order valence-electron chi connectivity index (χ4n) is 2.61. The minimum Gasteiger partial charge on any atom is -0.439 e. The van der Waals surface area contributed by atoms with E-state index in [9.17, 15) is 9.18 Å². The van der Waals surface area contributed by atoms with Crippen molar-refractivity contribution in [3.63, 3.8) is 0 Å². The monoisotopic (exact) mass is 340 g/mol. The lowest BCUT2D eigenvalue weighted by molar-refractivity contribution is 0.132. The number of aromatic nitrogens is 1. The van der Waals surface area contributed by atoms with Gasteiger partial charge in [-0.05, 0) is 36.2 Å². The minimum absolute atomic E-state index is 0.343. The first kappa shape index (κ1) is 16.9. The Morgan fingerprint density at radius 2 is 2.20 bits per heavy atom. The average molecular weight is 340 g/mol. The number of benzene rings is 1. The summed E-state index contributed by atoms with van der Waals surface area (Å²) in [6.45, 7) is 2.85. The number of nitrogens with zero attached hydrogens (tertiary/aromatic N) is 1. The quantitative estimate of drug-likeness (QED) is 0.686. The van der Waals surface area contributed by atoms with E-state index in [2.05, 4.69) is 22.1 Å². The molecule has 1 aromatic carbocycles. The molecule has 1 aliphatic heterocycles. The molecule has 0 aliphatic carbocycles. The third-order valence-corrected chi connectivity index (χ3v) is 3.72. The summed E-state index contributed by atoms with van der Waals surface area (Å²) in [5.41, 5.74) is 2.02. The molecule has 0 radical (unpaired) electrons. The predicted molar refractivity (Wildman–Crippen MR) is 89.1 cm³/mol. The summed E-state index contributed by atoms with van der Waals surface area (Å²) >= 11 is 0. The van der Waals surface area contributed by atoms with Gasteiger partial charge in [0.2, 0.25) is 0 Å². The van der Waals surface area contributed by atoms with E-state index in [4.69, 9.17) is 9.47 Å². The van der Waals surface area contributed by atoms with E-state index in [1.165, 1.54) is 12.1 Å². The van der Waals surface area contributed by atoms with Crippen molar-refractivity contribution in [2.45, 2.75) is 19.1 Å². The highest BCUT2D eigenvalue weighted by Gasteiger charge is 2.36. The summed E-state index contributed by atoms with van der Waals surface area (Å²) in [5.74, 6) is 5.48. The van der Waals surface area contributed by atoms with Crippen LogP contribution in [0.5, 0.6) is 0 Å². The predicted octanol–water partition coefficient (Wildman–Crippen LogP) is 3.13. The molecule has 128 valence electrons. The first-order chi connectivity index (χ1) is 12.2. The van der Waals surface area contributed by atoms with Crippen LogP contribution in [0.2, 0.25) is 0 Å². The smallest absolute Gasteiger partial charge is 0.408 e. The minimum atomic E-state index is -0.628. The number of ether oxygens (including phenoxy) is 2. The third kappa shape index (κ3) is 4.14. The van der Waals surface area contributed by atoms with Crippen LogP contribution in [0, 0.1) is 17.7 Å². The van der Waals surface area contributed by atoms with E-state index >= 15 is 0 Å². The maximum absolute atomic E-state index is 13.5. The fraction of sp³-hybridized carbons (Fsp3) is 0.263. The number of cyclic esters (lactones) is 1. The van der Waals surface area contributed by atoms with Crippen molar-refractivity contribution in [1.29, 1.82) is 0 Å². The van der Waals surface area contributed by atoms with Gasteiger partial charge in [0.1, 0.15) is 18.5 Å². The SMILES string of the molecule is CCOCC#Cc1cncc([C@H]2NC(=O)O[C@@H]2c2cccc(F)c2)c1. The number of halogens is 1. The summed E-state index contributed by atoms with van der Waals surface area (Å²) in [7, 11) is 0. The van der Waals surface area contributed by atoms with Crippen LogP contribution in [-0.4, -0.2) is 24.3 Å². The van der Waals surface area contributed by atoms with Gasteiger partial charge in [0.15, 0.2) is 6.10 Å². The van der Waals surface area contributed by atoms with Gasteiger partial charge < -0.3 is 14.8 Å². The molecule has 0 unspecified atom stereocenters. The highest BCUT2D eigenvalue weighted by Crippen LogP contribution is 2.36. The van der Waals surface area contributed by atoms with Crippen LogP contribution in [0.15, 0.2) is 42.7 Å². The first-order valence-corrected chi connectivity index (χ1v) is 7.91. The van der Waals surface area contributed by atoms with Crippen molar-refractivity contribution in [3.8, 4) is 11.8 Å². The Balaban J connectivity index is 1.86. The van der Waals surface area contributed by atoms with Crippen molar-refractivity contribution in [3.05, 3.63) is 65.2 Å². The number of carbonyl (C=O) groups is 1. The van der Waals surface area contributed by atoms with Gasteiger partial charge in [-0.15, -0.1) is 0 Å². The fourth-order valence-corrected chi connectivity index (χ4v) is 2.61. The van der Waals surface area contributed by atoms with Gasteiger partial charge in [-0.25, -0.2) is 9.18 Å². The number of hydrogen-bond donors (Lipinski definition) is 1. The van der Waals surface area contributed by atoms with E-state index in [1.54, 1.807) is 24.5 Å². The van der Waals surface area contributed by atoms with Crippen LogP contribution < -0.4 is 5.32 Å². The number of carbonyl (C=O) groups excluding carboxylic acids is 1. The van der Waals surface area contributed by atoms with E-state index in [0.29, 0.717) is 24.3 Å². The Bertz CT molecular complexity index is 829. The summed E-state index contributed by atoms with van der Waals surface area (Å²) in [4.78, 5) is 15.9. The van der Waals surface area contributed by atoms with Crippen LogP contribution in [0.3, 0.4) is 0 Å². The highest BCUT2D eigenvalue weighted by molar-refractivity contribution is 5.71. The Hall–Kier alpha value is -2.91. The van der Waals surface area contributed by atoms with E-state index in [0.717, 1.165) is 5.56 Å². The van der Waals surface area contributed by atoms with Crippen LogP contribution in [0.25, 0.3) is 0 Å². The Labute approximate surface area is 145 Å². The average Bonchev–Trinajstić information content (AvgIpc) is 3.01. The molecule has 1 amide bonds. The molecule has 0 bridgehead atoms. The number of hydrogen-bond acceptors (Lipinski definition) is 4. The number of nitrogens with one attached hydrogen (secondary N) is 1. The number of pyridine rings is 1. The number of rotatable bonds is 4. The van der Waals surface area contributed by atoms with Gasteiger partial charge in [-0.2, -0.15) is 0 Å². The van der Waals surface area contributed by atoms with Crippen molar-refractivity contribution >= 4 is 6.09 Å². The second-order valence-corrected chi connectivity index (χ2v) is 5.45. The lowest BCUT2D eigenvalue weighted by Gasteiger charge is -2.17. The molecule has 1 saturated heterocycles. The zero-order valence-electron chi connectivity index (χ0n) is 13.7. The molecule has 0 saturated carbocycles. The maximum Gasteiger partial charge on any atom is 0.408 e. The second kappa shape index (κ2) is 7.77. The van der Waals surface area contributed by atoms with Crippen LogP contribution >= 0.6 is 0 Å². The second-order valence-electron chi connectivity index (χ2n) is 5.45. The van der Waals surface area contributed by atoms with E-state index in [1.807, 2.05) is 13.0 Å². The molecule has 2 aromatic rings. The van der Waals surface area contributed by atoms with Crippen molar-refractivity contribution < 1.29 is 18.7 Å². The summed E-state index contributed by atoms with van der Waals surface area (Å²) in [5, 5.41) is 2.75. The molecule has 25 heavy (non-hydrogen) atoms. The molecule has 1 aromatic heterocycles. The normalized spacial score (nSPS) is 18.9. The Morgan fingerprint density at radius 1 is 1.32 bits per heavy atom. The van der Waals surface area contributed by atoms with Gasteiger partial charge >= 0.3 is 6.09 Å². The van der Waals surface area contributed by atoms with Crippen molar-refractivity contribution in [1.82, 2.24) is 10.3 Å². The van der Waals surface area contributed by atoms with E-state index in [-0.39, 0.29) is 5.82 Å². The van der Waals surface area contributed by atoms with Gasteiger partial charge in [-0.1, -0.05) is 24.0 Å². The standard InChI is InChI=1S/C19H17FN2O3/c1-2-24-8-4-5-13-9-15(12-21-11-13)17-18(25-19(23)22-17)14-6-3-7-16(20)10-14/h3,6-7,9-12,17-18H,2,8H2,1H3,(H,22,23)/t17-,18-/m1/s1. The molecule has 2 heterocycles. The zero-order chi connectivity index (χ0) is 17.6. The molecular weight excluding hydrogens is 323 g/mol. The summed E-state index contributed by atoms with van der Waals surface area (Å²) in [6.07, 6.45) is 2.10. The van der Waals surface area contributed by atoms with Crippen molar-refractivity contribution in [2.75, 3.05) is 13.2 Å². The number of amides is 1. The largest absolute Gasteiger partial charge is 0.439 e. The van der Waals surface area contributed by atoms with Gasteiger partial charge in [-0.3, -0.25) is 4.98 Å². The lowest BCUT2D eigenvalue weighted by Crippen LogP contribution is -2.19. The lowest BCUT2D eigenvalue weighted by atomic mass is 9.97. The Morgan fingerprint density at radius 3 is 3.00 bits per heavy atom. The first-order valence-electron chi connectivity index (χ1n) is 7.91. The molecule has 5 nitrogen and oxygen atoms in total. The maximum atomic E-state index is 13.5.